The predicted octanol–water partition coefficient (Wildman–Crippen LogP) is 5.25. The third-order valence-corrected chi connectivity index (χ3v) is 13.9. The monoisotopic (exact) mass is 853 g/mol. The number of rotatable bonds is 10. The number of sulfonamides is 1. The lowest BCUT2D eigenvalue weighted by Gasteiger charge is -2.34. The highest BCUT2D eigenvalue weighted by Gasteiger charge is 2.64. The molecule has 324 valence electrons. The van der Waals surface area contributed by atoms with Gasteiger partial charge < -0.3 is 29.7 Å². The second-order valence-corrected chi connectivity index (χ2v) is 18.8. The van der Waals surface area contributed by atoms with Crippen LogP contribution < -0.4 is 24.8 Å². The first-order valence-corrected chi connectivity index (χ1v) is 21.3. The first-order valence-electron chi connectivity index (χ1n) is 19.8. The number of hydrogen-bond acceptors (Lipinski definition) is 10. The van der Waals surface area contributed by atoms with E-state index in [0.29, 0.717) is 45.1 Å². The summed E-state index contributed by atoms with van der Waals surface area (Å²) >= 11 is 0. The molecule has 2 aliphatic carbocycles. The minimum Gasteiger partial charge on any atom is -0.478 e. The Bertz CT molecular complexity index is 2100. The van der Waals surface area contributed by atoms with Gasteiger partial charge in [-0.25, -0.2) is 17.6 Å². The van der Waals surface area contributed by atoms with Crippen LogP contribution in [0.15, 0.2) is 42.5 Å². The number of alkyl carbamates (subject to hydrolysis) is 1. The van der Waals surface area contributed by atoms with Crippen molar-refractivity contribution >= 4 is 44.6 Å². The second kappa shape index (κ2) is 16.4. The minimum atomic E-state index is -4.93. The van der Waals surface area contributed by atoms with Crippen molar-refractivity contribution in [1.29, 1.82) is 0 Å². The van der Waals surface area contributed by atoms with Crippen LogP contribution in [0.1, 0.15) is 79.6 Å². The van der Waals surface area contributed by atoms with Gasteiger partial charge in [-0.1, -0.05) is 44.2 Å². The maximum absolute atomic E-state index is 14.8. The molecular formula is C40H51F4N5O9S. The van der Waals surface area contributed by atoms with Gasteiger partial charge in [-0.05, 0) is 82.6 Å². The molecule has 2 aromatic rings. The molecule has 1 aromatic carbocycles. The number of allylic oxidation sites excluding steroid dienone is 1. The number of aromatic nitrogens is 1. The van der Waals surface area contributed by atoms with Gasteiger partial charge in [0.1, 0.15) is 35.1 Å². The molecule has 2 saturated carbocycles. The molecule has 0 bridgehead atoms. The molecule has 19 heteroatoms. The second-order valence-electron chi connectivity index (χ2n) is 16.8. The van der Waals surface area contributed by atoms with Crippen LogP contribution in [0.3, 0.4) is 0 Å². The number of ether oxygens (including phenoxy) is 3. The summed E-state index contributed by atoms with van der Waals surface area (Å²) < 4.78 is 98.6. The average molecular weight is 854 g/mol. The van der Waals surface area contributed by atoms with E-state index >= 15 is 0 Å². The fourth-order valence-corrected chi connectivity index (χ4v) is 9.24. The zero-order chi connectivity index (χ0) is 43.1. The molecule has 6 rings (SSSR count). The Kier molecular flexibility index (Phi) is 12.2. The summed E-state index contributed by atoms with van der Waals surface area (Å²) in [5.74, 6) is -3.72. The maximum Gasteiger partial charge on any atom is 0.427 e. The molecular weight excluding hydrogens is 803 g/mol. The summed E-state index contributed by atoms with van der Waals surface area (Å²) in [6, 6.07) is 6.04. The van der Waals surface area contributed by atoms with Crippen molar-refractivity contribution in [3.05, 3.63) is 42.5 Å². The van der Waals surface area contributed by atoms with Gasteiger partial charge in [-0.2, -0.15) is 18.2 Å². The molecule has 14 nitrogen and oxygen atoms in total. The molecule has 0 radical (unpaired) electrons. The number of benzene rings is 1. The Balaban J connectivity index is 1.36. The molecule has 1 unspecified atom stereocenters. The Labute approximate surface area is 340 Å². The van der Waals surface area contributed by atoms with E-state index in [-0.39, 0.29) is 49.9 Å². The Morgan fingerprint density at radius 3 is 2.47 bits per heavy atom. The van der Waals surface area contributed by atoms with E-state index in [2.05, 4.69) is 15.6 Å². The molecule has 1 aromatic heterocycles. The Morgan fingerprint density at radius 2 is 1.81 bits per heavy atom. The van der Waals surface area contributed by atoms with Crippen molar-refractivity contribution in [2.75, 3.05) is 19.8 Å². The van der Waals surface area contributed by atoms with Gasteiger partial charge in [0, 0.05) is 23.8 Å². The highest BCUT2D eigenvalue weighted by molar-refractivity contribution is 7.91. The number of nitrogens with zero attached hydrogens (tertiary/aromatic N) is 2. The van der Waals surface area contributed by atoms with E-state index < -0.39 is 92.6 Å². The number of amides is 4. The van der Waals surface area contributed by atoms with Crippen LogP contribution in [0, 0.1) is 17.8 Å². The minimum absolute atomic E-state index is 0.0115. The van der Waals surface area contributed by atoms with Gasteiger partial charge in [0.2, 0.25) is 39.2 Å². The molecule has 4 aliphatic rings. The molecule has 1 saturated heterocycles. The Morgan fingerprint density at radius 1 is 1.10 bits per heavy atom. The zero-order valence-electron chi connectivity index (χ0n) is 33.6. The van der Waals surface area contributed by atoms with E-state index in [1.165, 1.54) is 0 Å². The number of carbonyl (C=O) groups excluding carboxylic acids is 4. The van der Waals surface area contributed by atoms with Gasteiger partial charge in [0.15, 0.2) is 0 Å². The molecule has 4 amide bonds. The van der Waals surface area contributed by atoms with E-state index in [9.17, 15) is 45.2 Å². The van der Waals surface area contributed by atoms with E-state index in [1.807, 2.05) is 29.9 Å². The van der Waals surface area contributed by atoms with Gasteiger partial charge >= 0.3 is 12.3 Å². The van der Waals surface area contributed by atoms with Gasteiger partial charge in [-0.3, -0.25) is 19.1 Å². The molecule has 0 spiro atoms. The van der Waals surface area contributed by atoms with Gasteiger partial charge in [-0.15, -0.1) is 0 Å². The van der Waals surface area contributed by atoms with E-state index in [1.54, 1.807) is 38.1 Å². The topological polar surface area (TPSA) is 182 Å². The van der Waals surface area contributed by atoms with Crippen molar-refractivity contribution in [3.63, 3.8) is 0 Å². The van der Waals surface area contributed by atoms with E-state index in [4.69, 9.17) is 14.2 Å². The Hall–Kier alpha value is -4.68. The molecule has 3 fully saturated rings. The normalized spacial score (nSPS) is 29.1. The fraction of sp³-hybridized carbons (Fsp3) is 0.625. The summed E-state index contributed by atoms with van der Waals surface area (Å²) in [4.78, 5) is 62.0. The van der Waals surface area contributed by atoms with Crippen molar-refractivity contribution in [1.82, 2.24) is 25.2 Å². The smallest absolute Gasteiger partial charge is 0.427 e. The molecule has 7 atom stereocenters. The lowest BCUT2D eigenvalue weighted by Crippen LogP contribution is -2.60. The van der Waals surface area contributed by atoms with Gasteiger partial charge in [0.05, 0.1) is 13.2 Å². The number of fused-ring (bicyclic) bond motifs is 3. The maximum atomic E-state index is 14.8. The first-order chi connectivity index (χ1) is 27.7. The van der Waals surface area contributed by atoms with Crippen LogP contribution in [0.4, 0.5) is 22.4 Å². The number of halogens is 4. The van der Waals surface area contributed by atoms with Crippen molar-refractivity contribution in [3.8, 4) is 11.8 Å². The van der Waals surface area contributed by atoms with Crippen LogP contribution in [0.5, 0.6) is 11.8 Å². The van der Waals surface area contributed by atoms with Crippen molar-refractivity contribution in [2.45, 2.75) is 120 Å². The molecule has 2 aliphatic heterocycles. The number of alkyl halides is 4. The number of pyridine rings is 1. The SMILES string of the molecule is CCOc1cc2ccccc2c(O[C@@H]2C[C@H]3C(=O)N[C@]4(C(=O)NS(=O)(=O)C5(CF)CC5)CC4/C=C\CC[C@H](C)C[C@@H](C)[C@H](NC(=O)OC(C)(C)C(F)(F)F)C(=O)N3C2)n1. The number of hydrogen-bond donors (Lipinski definition) is 3. The average Bonchev–Trinajstić information content (AvgIpc) is 4.06. The molecule has 3 N–H and O–H groups in total. The van der Waals surface area contributed by atoms with Crippen LogP contribution >= 0.6 is 0 Å². The lowest BCUT2D eigenvalue weighted by molar-refractivity contribution is -0.244. The molecule has 59 heavy (non-hydrogen) atoms. The standard InChI is InChI=1S/C40H51F4N5O9S/c1-6-56-30-18-25-12-8-10-14-28(25)33(45-30)57-27-19-29-32(50)47-39(35(52)48-59(54,55)38(22-41)15-16-38)20-26(39)13-9-7-11-23(2)17-24(3)31(34(51)49(29)21-27)46-36(53)58-37(4,5)40(42,43)44/h8-10,12-14,18,23-24,26-27,29,31H,6-7,11,15-17,19-22H2,1-5H3,(H,46,53)(H,47,50)(H,48,52)/b13-9-/t23-,24+,26?,27+,29-,31-,39+/m0/s1. The van der Waals surface area contributed by atoms with Crippen molar-refractivity contribution in [2.24, 2.45) is 17.8 Å². The van der Waals surface area contributed by atoms with Gasteiger partial charge in [0.25, 0.3) is 5.91 Å². The summed E-state index contributed by atoms with van der Waals surface area (Å²) in [7, 11) is -4.47. The highest BCUT2D eigenvalue weighted by Crippen LogP contribution is 2.48. The third kappa shape index (κ3) is 9.09. The first kappa shape index (κ1) is 43.9. The van der Waals surface area contributed by atoms with Crippen LogP contribution in [-0.4, -0.2) is 102 Å². The summed E-state index contributed by atoms with van der Waals surface area (Å²) in [5, 5.41) is 6.41. The predicted molar refractivity (Wildman–Crippen MR) is 206 cm³/mol. The number of nitrogens with one attached hydrogen (secondary N) is 3. The zero-order valence-corrected chi connectivity index (χ0v) is 34.4. The lowest BCUT2D eigenvalue weighted by atomic mass is 9.88. The fourth-order valence-electron chi connectivity index (χ4n) is 7.81. The van der Waals surface area contributed by atoms with Crippen LogP contribution in [-0.2, 0) is 29.1 Å². The van der Waals surface area contributed by atoms with Crippen LogP contribution in [0.25, 0.3) is 10.8 Å². The highest BCUT2D eigenvalue weighted by atomic mass is 32.2. The summed E-state index contributed by atoms with van der Waals surface area (Å²) in [5.41, 5.74) is -4.68. The quantitative estimate of drug-likeness (QED) is 0.211. The number of carbonyl (C=O) groups is 4. The molecule has 3 heterocycles. The largest absolute Gasteiger partial charge is 0.478 e. The third-order valence-electron chi connectivity index (χ3n) is 11.8. The van der Waals surface area contributed by atoms with E-state index in [0.717, 1.165) is 10.3 Å². The van der Waals surface area contributed by atoms with Crippen molar-refractivity contribution < 1.29 is 59.4 Å². The summed E-state index contributed by atoms with van der Waals surface area (Å²) in [6.45, 7) is 5.56. The van der Waals surface area contributed by atoms with Crippen LogP contribution in [0.2, 0.25) is 0 Å². The summed E-state index contributed by atoms with van der Waals surface area (Å²) in [6.07, 6.45) is -2.53.